The third-order valence-corrected chi connectivity index (χ3v) is 3.02. The number of hydrogen-bond donors (Lipinski definition) is 3. The van der Waals surface area contributed by atoms with Gasteiger partial charge in [0.2, 0.25) is 0 Å². The summed E-state index contributed by atoms with van der Waals surface area (Å²) in [6.07, 6.45) is 3.99. The Morgan fingerprint density at radius 3 is 2.71 bits per heavy atom. The van der Waals surface area contributed by atoms with Gasteiger partial charge in [0, 0.05) is 39.1 Å². The van der Waals surface area contributed by atoms with Crippen LogP contribution in [0.15, 0.2) is 47.7 Å². The first-order chi connectivity index (χ1) is 10.2. The number of aliphatic imine (C=N–C) groups is 1. The van der Waals surface area contributed by atoms with Gasteiger partial charge in [0.25, 0.3) is 0 Å². The van der Waals surface area contributed by atoms with Crippen molar-refractivity contribution in [3.63, 3.8) is 0 Å². The SMILES string of the molecule is CN=C(NCCn1cccc1)NCc1ccc(O)c(F)c1. The number of nitrogens with one attached hydrogen (secondary N) is 2. The highest BCUT2D eigenvalue weighted by atomic mass is 19.1. The lowest BCUT2D eigenvalue weighted by Gasteiger charge is -2.12. The van der Waals surface area contributed by atoms with Gasteiger partial charge >= 0.3 is 0 Å². The number of aromatic nitrogens is 1. The Labute approximate surface area is 123 Å². The Hall–Kier alpha value is -2.50. The van der Waals surface area contributed by atoms with E-state index in [0.717, 1.165) is 18.7 Å². The molecule has 0 amide bonds. The first kappa shape index (κ1) is 14.9. The van der Waals surface area contributed by atoms with Crippen LogP contribution >= 0.6 is 0 Å². The van der Waals surface area contributed by atoms with E-state index in [4.69, 9.17) is 5.11 Å². The molecular formula is C15H19FN4O. The van der Waals surface area contributed by atoms with Gasteiger partial charge in [0.05, 0.1) is 0 Å². The fourth-order valence-corrected chi connectivity index (χ4v) is 1.89. The number of phenolic OH excluding ortho intramolecular Hbond substituents is 1. The molecule has 1 heterocycles. The van der Waals surface area contributed by atoms with E-state index in [1.807, 2.05) is 24.5 Å². The zero-order valence-electron chi connectivity index (χ0n) is 11.9. The molecule has 0 saturated carbocycles. The van der Waals surface area contributed by atoms with Gasteiger partial charge in [0.15, 0.2) is 17.5 Å². The van der Waals surface area contributed by atoms with Crippen molar-refractivity contribution in [3.8, 4) is 5.75 Å². The highest BCUT2D eigenvalue weighted by Crippen LogP contribution is 2.15. The molecule has 0 aliphatic carbocycles. The molecule has 0 aliphatic rings. The van der Waals surface area contributed by atoms with E-state index in [9.17, 15) is 4.39 Å². The van der Waals surface area contributed by atoms with Crippen molar-refractivity contribution in [1.29, 1.82) is 0 Å². The highest BCUT2D eigenvalue weighted by molar-refractivity contribution is 5.79. The topological polar surface area (TPSA) is 61.6 Å². The minimum atomic E-state index is -0.621. The van der Waals surface area contributed by atoms with Gasteiger partial charge in [0.1, 0.15) is 0 Å². The zero-order chi connectivity index (χ0) is 15.1. The Morgan fingerprint density at radius 1 is 1.29 bits per heavy atom. The van der Waals surface area contributed by atoms with Crippen LogP contribution in [0, 0.1) is 5.82 Å². The molecule has 0 atom stereocenters. The third-order valence-electron chi connectivity index (χ3n) is 3.02. The summed E-state index contributed by atoms with van der Waals surface area (Å²) < 4.78 is 15.3. The van der Waals surface area contributed by atoms with E-state index in [0.29, 0.717) is 12.5 Å². The summed E-state index contributed by atoms with van der Waals surface area (Å²) in [5.41, 5.74) is 0.735. The van der Waals surface area contributed by atoms with Crippen molar-refractivity contribution < 1.29 is 9.50 Å². The number of rotatable bonds is 5. The number of benzene rings is 1. The predicted octanol–water partition coefficient (Wildman–Crippen LogP) is 1.70. The van der Waals surface area contributed by atoms with E-state index in [-0.39, 0.29) is 5.75 Å². The molecule has 6 heteroatoms. The van der Waals surface area contributed by atoms with Crippen LogP contribution in [0.5, 0.6) is 5.75 Å². The Bertz CT molecular complexity index is 596. The molecule has 2 rings (SSSR count). The standard InChI is InChI=1S/C15H19FN4O/c1-17-15(18-6-9-20-7-2-3-8-20)19-11-12-4-5-14(21)13(16)10-12/h2-5,7-8,10,21H,6,9,11H2,1H3,(H2,17,18,19). The molecule has 0 fully saturated rings. The van der Waals surface area contributed by atoms with Crippen molar-refractivity contribution in [3.05, 3.63) is 54.1 Å². The lowest BCUT2D eigenvalue weighted by Crippen LogP contribution is -2.38. The van der Waals surface area contributed by atoms with Gasteiger partial charge in [-0.3, -0.25) is 4.99 Å². The van der Waals surface area contributed by atoms with Gasteiger partial charge in [-0.1, -0.05) is 6.07 Å². The maximum absolute atomic E-state index is 13.2. The molecule has 21 heavy (non-hydrogen) atoms. The maximum Gasteiger partial charge on any atom is 0.191 e. The van der Waals surface area contributed by atoms with E-state index in [1.165, 1.54) is 12.1 Å². The van der Waals surface area contributed by atoms with Crippen LogP contribution in [0.1, 0.15) is 5.56 Å². The average molecular weight is 290 g/mol. The minimum Gasteiger partial charge on any atom is -0.505 e. The van der Waals surface area contributed by atoms with Crippen molar-refractivity contribution in [2.75, 3.05) is 13.6 Å². The van der Waals surface area contributed by atoms with E-state index in [2.05, 4.69) is 20.2 Å². The smallest absolute Gasteiger partial charge is 0.191 e. The molecule has 0 radical (unpaired) electrons. The van der Waals surface area contributed by atoms with Gasteiger partial charge in [-0.25, -0.2) is 4.39 Å². The molecule has 1 aromatic heterocycles. The largest absolute Gasteiger partial charge is 0.505 e. The second-order valence-electron chi connectivity index (χ2n) is 4.56. The number of hydrogen-bond acceptors (Lipinski definition) is 2. The third kappa shape index (κ3) is 4.52. The van der Waals surface area contributed by atoms with Crippen LogP contribution in [-0.2, 0) is 13.1 Å². The second-order valence-corrected chi connectivity index (χ2v) is 4.56. The number of guanidine groups is 1. The molecule has 0 bridgehead atoms. The molecule has 5 nitrogen and oxygen atoms in total. The molecule has 0 unspecified atom stereocenters. The molecule has 112 valence electrons. The minimum absolute atomic E-state index is 0.340. The summed E-state index contributed by atoms with van der Waals surface area (Å²) in [6, 6.07) is 8.27. The van der Waals surface area contributed by atoms with E-state index in [1.54, 1.807) is 13.1 Å². The highest BCUT2D eigenvalue weighted by Gasteiger charge is 2.03. The van der Waals surface area contributed by atoms with E-state index < -0.39 is 5.82 Å². The van der Waals surface area contributed by atoms with Crippen molar-refractivity contribution in [1.82, 2.24) is 15.2 Å². The zero-order valence-corrected chi connectivity index (χ0v) is 11.9. The second kappa shape index (κ2) is 7.33. The summed E-state index contributed by atoms with van der Waals surface area (Å²) in [5.74, 6) is -0.312. The van der Waals surface area contributed by atoms with Crippen LogP contribution in [0.4, 0.5) is 4.39 Å². The van der Waals surface area contributed by atoms with Gasteiger partial charge < -0.3 is 20.3 Å². The van der Waals surface area contributed by atoms with Gasteiger partial charge in [-0.15, -0.1) is 0 Å². The lowest BCUT2D eigenvalue weighted by molar-refractivity contribution is 0.431. The fraction of sp³-hybridized carbons (Fsp3) is 0.267. The Kier molecular flexibility index (Phi) is 5.20. The maximum atomic E-state index is 13.2. The van der Waals surface area contributed by atoms with Crippen molar-refractivity contribution in [2.45, 2.75) is 13.1 Å². The molecule has 0 spiro atoms. The molecule has 3 N–H and O–H groups in total. The van der Waals surface area contributed by atoms with Gasteiger partial charge in [-0.05, 0) is 29.8 Å². The summed E-state index contributed by atoms with van der Waals surface area (Å²) in [4.78, 5) is 4.10. The monoisotopic (exact) mass is 290 g/mol. The van der Waals surface area contributed by atoms with Crippen LogP contribution in [-0.4, -0.2) is 29.2 Å². The predicted molar refractivity (Wildman–Crippen MR) is 80.7 cm³/mol. The molecule has 2 aromatic rings. The molecule has 0 saturated heterocycles. The van der Waals surface area contributed by atoms with Crippen molar-refractivity contribution >= 4 is 5.96 Å². The summed E-state index contributed by atoms with van der Waals surface area (Å²) in [7, 11) is 1.68. The number of aromatic hydroxyl groups is 1. The van der Waals surface area contributed by atoms with Gasteiger partial charge in [-0.2, -0.15) is 0 Å². The summed E-state index contributed by atoms with van der Waals surface area (Å²) in [6.45, 7) is 2.00. The van der Waals surface area contributed by atoms with Crippen LogP contribution < -0.4 is 10.6 Å². The molecule has 0 aliphatic heterocycles. The number of halogens is 1. The molecular weight excluding hydrogens is 271 g/mol. The van der Waals surface area contributed by atoms with Crippen LogP contribution in [0.3, 0.4) is 0 Å². The van der Waals surface area contributed by atoms with Crippen LogP contribution in [0.2, 0.25) is 0 Å². The summed E-state index contributed by atoms with van der Waals surface area (Å²) in [5, 5.41) is 15.4. The quantitative estimate of drug-likeness (QED) is 0.580. The summed E-state index contributed by atoms with van der Waals surface area (Å²) >= 11 is 0. The van der Waals surface area contributed by atoms with E-state index >= 15 is 0 Å². The lowest BCUT2D eigenvalue weighted by atomic mass is 10.2. The fourth-order valence-electron chi connectivity index (χ4n) is 1.89. The van der Waals surface area contributed by atoms with Crippen LogP contribution in [0.25, 0.3) is 0 Å². The first-order valence-electron chi connectivity index (χ1n) is 6.71. The molecule has 1 aromatic carbocycles. The normalized spacial score (nSPS) is 11.4. The Morgan fingerprint density at radius 2 is 2.05 bits per heavy atom. The first-order valence-corrected chi connectivity index (χ1v) is 6.71. The van der Waals surface area contributed by atoms with Crippen molar-refractivity contribution in [2.24, 2.45) is 4.99 Å². The Balaban J connectivity index is 1.78. The number of nitrogens with zero attached hydrogens (tertiary/aromatic N) is 2. The average Bonchev–Trinajstić information content (AvgIpc) is 2.99. The number of phenols is 1.